The first-order chi connectivity index (χ1) is 10.7. The molecular formula is C18H27FN2O. The quantitative estimate of drug-likeness (QED) is 0.799. The molecule has 0 amide bonds. The summed E-state index contributed by atoms with van der Waals surface area (Å²) in [6.45, 7) is 3.85. The van der Waals surface area contributed by atoms with Gasteiger partial charge in [-0.15, -0.1) is 0 Å². The summed E-state index contributed by atoms with van der Waals surface area (Å²) in [5, 5.41) is 3.37. The van der Waals surface area contributed by atoms with E-state index < -0.39 is 0 Å². The summed E-state index contributed by atoms with van der Waals surface area (Å²) in [6.07, 6.45) is 6.10. The molecular weight excluding hydrogens is 279 g/mol. The third-order valence-corrected chi connectivity index (χ3v) is 4.68. The van der Waals surface area contributed by atoms with Crippen molar-refractivity contribution in [1.82, 2.24) is 10.2 Å². The molecule has 3 rings (SSSR count). The first-order valence-corrected chi connectivity index (χ1v) is 8.53. The monoisotopic (exact) mass is 306 g/mol. The van der Waals surface area contributed by atoms with Crippen molar-refractivity contribution in [2.24, 2.45) is 0 Å². The Balaban J connectivity index is 1.54. The number of benzene rings is 1. The Morgan fingerprint density at radius 3 is 2.73 bits per heavy atom. The molecule has 0 unspecified atom stereocenters. The largest absolute Gasteiger partial charge is 0.373 e. The van der Waals surface area contributed by atoms with E-state index >= 15 is 0 Å². The van der Waals surface area contributed by atoms with Crippen molar-refractivity contribution in [3.8, 4) is 0 Å². The fourth-order valence-electron chi connectivity index (χ4n) is 3.10. The summed E-state index contributed by atoms with van der Waals surface area (Å²) in [6, 6.07) is 5.99. The smallest absolute Gasteiger partial charge is 0.128 e. The van der Waals surface area contributed by atoms with Crippen molar-refractivity contribution in [2.75, 3.05) is 26.7 Å². The van der Waals surface area contributed by atoms with E-state index in [0.29, 0.717) is 24.3 Å². The minimum Gasteiger partial charge on any atom is -0.373 e. The van der Waals surface area contributed by atoms with Gasteiger partial charge in [-0.05, 0) is 63.9 Å². The van der Waals surface area contributed by atoms with Gasteiger partial charge in [0.2, 0.25) is 0 Å². The maximum absolute atomic E-state index is 14.2. The highest BCUT2D eigenvalue weighted by Gasteiger charge is 2.22. The van der Waals surface area contributed by atoms with Gasteiger partial charge in [0.15, 0.2) is 0 Å². The van der Waals surface area contributed by atoms with Crippen molar-refractivity contribution in [2.45, 2.75) is 50.9 Å². The molecule has 0 bridgehead atoms. The zero-order valence-electron chi connectivity index (χ0n) is 13.5. The van der Waals surface area contributed by atoms with Crippen LogP contribution in [0.4, 0.5) is 4.39 Å². The van der Waals surface area contributed by atoms with Gasteiger partial charge < -0.3 is 15.0 Å². The van der Waals surface area contributed by atoms with Crippen LogP contribution in [0.3, 0.4) is 0 Å². The lowest BCUT2D eigenvalue weighted by Gasteiger charge is -2.23. The van der Waals surface area contributed by atoms with Gasteiger partial charge in [-0.3, -0.25) is 0 Å². The van der Waals surface area contributed by atoms with Crippen LogP contribution in [0, 0.1) is 5.82 Å². The molecule has 0 spiro atoms. The molecule has 4 heteroatoms. The predicted molar refractivity (Wildman–Crippen MR) is 86.4 cm³/mol. The molecule has 3 nitrogen and oxygen atoms in total. The maximum atomic E-state index is 14.2. The van der Waals surface area contributed by atoms with Crippen LogP contribution in [0.1, 0.15) is 36.8 Å². The molecule has 1 N–H and O–H groups in total. The van der Waals surface area contributed by atoms with Crippen LogP contribution in [0.25, 0.3) is 0 Å². The van der Waals surface area contributed by atoms with Gasteiger partial charge in [0.25, 0.3) is 0 Å². The lowest BCUT2D eigenvalue weighted by atomic mass is 10.0. The van der Waals surface area contributed by atoms with Gasteiger partial charge in [0.1, 0.15) is 5.82 Å². The number of nitrogens with one attached hydrogen (secondary N) is 1. The number of nitrogens with zero attached hydrogens (tertiary/aromatic N) is 1. The summed E-state index contributed by atoms with van der Waals surface area (Å²) in [7, 11) is 1.99. The molecule has 1 heterocycles. The van der Waals surface area contributed by atoms with Gasteiger partial charge in [-0.1, -0.05) is 12.1 Å². The molecule has 0 radical (unpaired) electrons. The van der Waals surface area contributed by atoms with Crippen LogP contribution >= 0.6 is 0 Å². The predicted octanol–water partition coefficient (Wildman–Crippen LogP) is 2.73. The minimum absolute atomic E-state index is 0.130. The zero-order valence-corrected chi connectivity index (χ0v) is 13.5. The number of likely N-dealkylation sites (N-methyl/N-ethyl adjacent to an activating group) is 1. The Bertz CT molecular complexity index is 484. The van der Waals surface area contributed by atoms with Crippen molar-refractivity contribution in [3.05, 3.63) is 35.1 Å². The lowest BCUT2D eigenvalue weighted by molar-refractivity contribution is 0.104. The summed E-state index contributed by atoms with van der Waals surface area (Å²) in [5.74, 6) is -0.130. The fraction of sp³-hybridized carbons (Fsp3) is 0.667. The second-order valence-corrected chi connectivity index (χ2v) is 6.63. The van der Waals surface area contributed by atoms with E-state index in [0.717, 1.165) is 31.4 Å². The van der Waals surface area contributed by atoms with Crippen LogP contribution in [-0.2, 0) is 17.8 Å². The number of hydrogen-bond acceptors (Lipinski definition) is 3. The molecule has 1 aliphatic heterocycles. The van der Waals surface area contributed by atoms with Crippen LogP contribution in [0.2, 0.25) is 0 Å². The van der Waals surface area contributed by atoms with Gasteiger partial charge in [0, 0.05) is 18.2 Å². The standard InChI is InChI=1S/C18H27FN2O/c1-20-16(12-21-8-2-3-9-21)10-14-4-5-15(18(19)11-14)13-22-17-6-7-17/h4-5,11,16-17,20H,2-3,6-10,12-13H2,1H3/t16-/m0/s1. The third kappa shape index (κ3) is 4.51. The Morgan fingerprint density at radius 1 is 1.32 bits per heavy atom. The second-order valence-electron chi connectivity index (χ2n) is 6.63. The summed E-state index contributed by atoms with van der Waals surface area (Å²) >= 11 is 0. The highest BCUT2D eigenvalue weighted by atomic mass is 19.1. The molecule has 1 aromatic carbocycles. The third-order valence-electron chi connectivity index (χ3n) is 4.68. The van der Waals surface area contributed by atoms with Gasteiger partial charge >= 0.3 is 0 Å². The second kappa shape index (κ2) is 7.53. The first kappa shape index (κ1) is 15.9. The molecule has 2 aliphatic rings. The number of likely N-dealkylation sites (tertiary alicyclic amines) is 1. The molecule has 1 saturated heterocycles. The lowest BCUT2D eigenvalue weighted by Crippen LogP contribution is -2.39. The molecule has 1 aliphatic carbocycles. The van der Waals surface area contributed by atoms with Gasteiger partial charge in [-0.25, -0.2) is 4.39 Å². The molecule has 1 saturated carbocycles. The summed E-state index contributed by atoms with van der Waals surface area (Å²) in [4.78, 5) is 2.50. The molecule has 1 atom stereocenters. The van der Waals surface area contributed by atoms with Crippen molar-refractivity contribution < 1.29 is 9.13 Å². The SMILES string of the molecule is CN[C@@H](Cc1ccc(COC2CC2)c(F)c1)CN1CCCC1. The van der Waals surface area contributed by atoms with E-state index in [1.54, 1.807) is 6.07 Å². The molecule has 1 aromatic rings. The van der Waals surface area contributed by atoms with Crippen LogP contribution in [0.15, 0.2) is 18.2 Å². The van der Waals surface area contributed by atoms with E-state index in [1.807, 2.05) is 19.2 Å². The van der Waals surface area contributed by atoms with Crippen LogP contribution in [-0.4, -0.2) is 43.7 Å². The van der Waals surface area contributed by atoms with Crippen LogP contribution < -0.4 is 5.32 Å². The molecule has 122 valence electrons. The molecule has 22 heavy (non-hydrogen) atoms. The highest BCUT2D eigenvalue weighted by Crippen LogP contribution is 2.25. The molecule has 0 aromatic heterocycles. The van der Waals surface area contributed by atoms with E-state index in [2.05, 4.69) is 10.2 Å². The van der Waals surface area contributed by atoms with E-state index in [9.17, 15) is 4.39 Å². The molecule has 2 fully saturated rings. The first-order valence-electron chi connectivity index (χ1n) is 8.53. The average molecular weight is 306 g/mol. The topological polar surface area (TPSA) is 24.5 Å². The maximum Gasteiger partial charge on any atom is 0.128 e. The number of ether oxygens (including phenoxy) is 1. The van der Waals surface area contributed by atoms with Gasteiger partial charge in [-0.2, -0.15) is 0 Å². The van der Waals surface area contributed by atoms with Crippen molar-refractivity contribution in [3.63, 3.8) is 0 Å². The van der Waals surface area contributed by atoms with E-state index in [4.69, 9.17) is 4.74 Å². The van der Waals surface area contributed by atoms with Crippen molar-refractivity contribution in [1.29, 1.82) is 0 Å². The Morgan fingerprint density at radius 2 is 2.09 bits per heavy atom. The van der Waals surface area contributed by atoms with Crippen LogP contribution in [0.5, 0.6) is 0 Å². The normalized spacial score (nSPS) is 20.5. The Labute approximate surface area is 132 Å². The van der Waals surface area contributed by atoms with E-state index in [1.165, 1.54) is 25.9 Å². The minimum atomic E-state index is -0.130. The van der Waals surface area contributed by atoms with Gasteiger partial charge in [0.05, 0.1) is 12.7 Å². The van der Waals surface area contributed by atoms with E-state index in [-0.39, 0.29) is 5.82 Å². The number of rotatable bonds is 8. The Hall–Kier alpha value is -0.970. The Kier molecular flexibility index (Phi) is 5.45. The summed E-state index contributed by atoms with van der Waals surface area (Å²) < 4.78 is 19.8. The average Bonchev–Trinajstić information content (AvgIpc) is 3.21. The summed E-state index contributed by atoms with van der Waals surface area (Å²) in [5.41, 5.74) is 1.74. The highest BCUT2D eigenvalue weighted by molar-refractivity contribution is 5.25. The zero-order chi connectivity index (χ0) is 15.4. The van der Waals surface area contributed by atoms with Crippen molar-refractivity contribution >= 4 is 0 Å². The number of halogens is 1. The number of hydrogen-bond donors (Lipinski definition) is 1. The fourth-order valence-corrected chi connectivity index (χ4v) is 3.10.